The van der Waals surface area contributed by atoms with Gasteiger partial charge in [-0.25, -0.2) is 0 Å². The van der Waals surface area contributed by atoms with Crippen molar-refractivity contribution >= 4 is 5.91 Å². The fourth-order valence-corrected chi connectivity index (χ4v) is 3.72. The molecule has 2 N–H and O–H groups in total. The fraction of sp³-hybridized carbons (Fsp3) is 0.632. The summed E-state index contributed by atoms with van der Waals surface area (Å²) < 4.78 is 5.74. The molecule has 23 heavy (non-hydrogen) atoms. The number of carbonyl (C=O) groups excluding carboxylic acids is 1. The van der Waals surface area contributed by atoms with E-state index in [-0.39, 0.29) is 29.4 Å². The van der Waals surface area contributed by atoms with Crippen molar-refractivity contribution in [3.8, 4) is 5.75 Å². The lowest BCUT2D eigenvalue weighted by Crippen LogP contribution is -2.34. The third kappa shape index (κ3) is 3.69. The molecule has 1 aliphatic carbocycles. The first-order valence-corrected chi connectivity index (χ1v) is 8.78. The third-order valence-electron chi connectivity index (χ3n) is 5.19. The summed E-state index contributed by atoms with van der Waals surface area (Å²) in [5.41, 5.74) is 1.38. The van der Waals surface area contributed by atoms with Crippen molar-refractivity contribution in [2.24, 2.45) is 11.3 Å². The van der Waals surface area contributed by atoms with Crippen LogP contribution in [0.3, 0.4) is 0 Å². The van der Waals surface area contributed by atoms with Gasteiger partial charge in [0.1, 0.15) is 5.75 Å². The molecular weight excluding hydrogens is 288 g/mol. The number of rotatable bonds is 5. The van der Waals surface area contributed by atoms with Crippen LogP contribution in [0.2, 0.25) is 0 Å². The van der Waals surface area contributed by atoms with Crippen LogP contribution in [0.5, 0.6) is 5.75 Å². The van der Waals surface area contributed by atoms with Gasteiger partial charge in [-0.15, -0.1) is 0 Å². The first-order chi connectivity index (χ1) is 11.0. The lowest BCUT2D eigenvalue weighted by molar-refractivity contribution is -0.123. The maximum atomic E-state index is 12.6. The number of nitrogens with one attached hydrogen (secondary N) is 2. The number of benzene rings is 1. The molecule has 1 aromatic carbocycles. The van der Waals surface area contributed by atoms with Gasteiger partial charge in [0.05, 0.1) is 12.1 Å². The van der Waals surface area contributed by atoms with Crippen LogP contribution in [0.1, 0.15) is 51.6 Å². The Balaban J connectivity index is 1.59. The second-order valence-electron chi connectivity index (χ2n) is 7.34. The summed E-state index contributed by atoms with van der Waals surface area (Å²) in [6, 6.07) is 8.03. The van der Waals surface area contributed by atoms with Crippen molar-refractivity contribution < 1.29 is 9.53 Å². The predicted molar refractivity (Wildman–Crippen MR) is 91.4 cm³/mol. The lowest BCUT2D eigenvalue weighted by atomic mass is 9.91. The van der Waals surface area contributed by atoms with Crippen LogP contribution in [-0.2, 0) is 4.79 Å². The highest BCUT2D eigenvalue weighted by atomic mass is 16.5. The molecule has 4 heteroatoms. The van der Waals surface area contributed by atoms with Crippen molar-refractivity contribution in [3.63, 3.8) is 0 Å². The fourth-order valence-electron chi connectivity index (χ4n) is 3.72. The summed E-state index contributed by atoms with van der Waals surface area (Å²) >= 11 is 0. The van der Waals surface area contributed by atoms with Crippen LogP contribution in [0.15, 0.2) is 24.3 Å². The average Bonchev–Trinajstić information content (AvgIpc) is 3.21. The number of piperidine rings is 1. The van der Waals surface area contributed by atoms with Crippen LogP contribution in [0.25, 0.3) is 0 Å². The number of ether oxygens (including phenoxy) is 1. The first kappa shape index (κ1) is 16.3. The van der Waals surface area contributed by atoms with Gasteiger partial charge in [-0.05, 0) is 76.2 Å². The Hall–Kier alpha value is -1.55. The molecule has 1 aromatic rings. The molecule has 126 valence electrons. The standard InChI is InChI=1S/C19H28N2O2/c1-13(2)23-16-6-4-5-15(11-16)14(3)21-18(22)17-12-19(17)7-9-20-10-8-19/h4-6,11,13-14,17,20H,7-10,12H2,1-3H3,(H,21,22). The zero-order valence-corrected chi connectivity index (χ0v) is 14.4. The molecule has 3 rings (SSSR count). The highest BCUT2D eigenvalue weighted by molar-refractivity contribution is 5.83. The van der Waals surface area contributed by atoms with Crippen molar-refractivity contribution in [3.05, 3.63) is 29.8 Å². The summed E-state index contributed by atoms with van der Waals surface area (Å²) in [4.78, 5) is 12.6. The van der Waals surface area contributed by atoms with Gasteiger partial charge in [-0.3, -0.25) is 4.79 Å². The second kappa shape index (κ2) is 6.52. The smallest absolute Gasteiger partial charge is 0.224 e. The summed E-state index contributed by atoms with van der Waals surface area (Å²) in [6.07, 6.45) is 3.49. The number of hydrogen-bond donors (Lipinski definition) is 2. The van der Waals surface area contributed by atoms with E-state index in [4.69, 9.17) is 4.74 Å². The Morgan fingerprint density at radius 3 is 2.74 bits per heavy atom. The van der Waals surface area contributed by atoms with Gasteiger partial charge in [0, 0.05) is 5.92 Å². The van der Waals surface area contributed by atoms with E-state index in [0.717, 1.165) is 43.7 Å². The number of carbonyl (C=O) groups is 1. The summed E-state index contributed by atoms with van der Waals surface area (Å²) in [6.45, 7) is 8.18. The van der Waals surface area contributed by atoms with Gasteiger partial charge in [-0.1, -0.05) is 12.1 Å². The maximum absolute atomic E-state index is 12.6. The van der Waals surface area contributed by atoms with Crippen molar-refractivity contribution in [1.82, 2.24) is 10.6 Å². The Morgan fingerprint density at radius 2 is 2.04 bits per heavy atom. The van der Waals surface area contributed by atoms with E-state index in [9.17, 15) is 4.79 Å². The van der Waals surface area contributed by atoms with E-state index in [1.807, 2.05) is 45.0 Å². The molecule has 0 aromatic heterocycles. The topological polar surface area (TPSA) is 50.4 Å². The summed E-state index contributed by atoms with van der Waals surface area (Å²) in [5.74, 6) is 1.29. The van der Waals surface area contributed by atoms with Gasteiger partial charge in [0.15, 0.2) is 0 Å². The minimum Gasteiger partial charge on any atom is -0.491 e. The molecular formula is C19H28N2O2. The highest BCUT2D eigenvalue weighted by Gasteiger charge is 2.57. The van der Waals surface area contributed by atoms with Gasteiger partial charge in [0.25, 0.3) is 0 Å². The van der Waals surface area contributed by atoms with Gasteiger partial charge >= 0.3 is 0 Å². The molecule has 1 spiro atoms. The van der Waals surface area contributed by atoms with Crippen molar-refractivity contribution in [2.75, 3.05) is 13.1 Å². The van der Waals surface area contributed by atoms with Crippen molar-refractivity contribution in [2.45, 2.75) is 52.2 Å². The monoisotopic (exact) mass is 316 g/mol. The molecule has 0 bridgehead atoms. The largest absolute Gasteiger partial charge is 0.491 e. The molecule has 1 saturated heterocycles. The lowest BCUT2D eigenvalue weighted by Gasteiger charge is -2.24. The van der Waals surface area contributed by atoms with Gasteiger partial charge in [0.2, 0.25) is 5.91 Å². The van der Waals surface area contributed by atoms with Gasteiger partial charge < -0.3 is 15.4 Å². The van der Waals surface area contributed by atoms with Crippen LogP contribution in [0, 0.1) is 11.3 Å². The molecule has 1 saturated carbocycles. The Morgan fingerprint density at radius 1 is 1.30 bits per heavy atom. The van der Waals surface area contributed by atoms with Crippen molar-refractivity contribution in [1.29, 1.82) is 0 Å². The zero-order valence-electron chi connectivity index (χ0n) is 14.4. The van der Waals surface area contributed by atoms with Gasteiger partial charge in [-0.2, -0.15) is 0 Å². The molecule has 1 aliphatic heterocycles. The highest BCUT2D eigenvalue weighted by Crippen LogP contribution is 2.58. The Labute approximate surface area is 139 Å². The SMILES string of the molecule is CC(C)Oc1cccc(C(C)NC(=O)C2CC23CCNCC3)c1. The first-order valence-electron chi connectivity index (χ1n) is 8.78. The molecule has 1 heterocycles. The summed E-state index contributed by atoms with van der Waals surface area (Å²) in [5, 5.41) is 6.58. The molecule has 2 fully saturated rings. The van der Waals surface area contributed by atoms with E-state index >= 15 is 0 Å². The quantitative estimate of drug-likeness (QED) is 0.878. The summed E-state index contributed by atoms with van der Waals surface area (Å²) in [7, 11) is 0. The molecule has 2 atom stereocenters. The Kier molecular flexibility index (Phi) is 4.62. The molecule has 2 aliphatic rings. The minimum atomic E-state index is 0.0116. The van der Waals surface area contributed by atoms with Crippen LogP contribution in [-0.4, -0.2) is 25.1 Å². The molecule has 2 unspecified atom stereocenters. The number of amides is 1. The van der Waals surface area contributed by atoms with E-state index in [2.05, 4.69) is 10.6 Å². The van der Waals surface area contributed by atoms with Crippen LogP contribution in [0.4, 0.5) is 0 Å². The third-order valence-corrected chi connectivity index (χ3v) is 5.19. The molecule has 4 nitrogen and oxygen atoms in total. The number of hydrogen-bond acceptors (Lipinski definition) is 3. The van der Waals surface area contributed by atoms with E-state index < -0.39 is 0 Å². The molecule has 1 amide bonds. The predicted octanol–water partition coefficient (Wildman–Crippen LogP) is 3.04. The average molecular weight is 316 g/mol. The zero-order chi connectivity index (χ0) is 16.4. The Bertz CT molecular complexity index is 564. The van der Waals surface area contributed by atoms with Crippen LogP contribution < -0.4 is 15.4 Å². The second-order valence-corrected chi connectivity index (χ2v) is 7.34. The van der Waals surface area contributed by atoms with E-state index in [1.54, 1.807) is 0 Å². The van der Waals surface area contributed by atoms with E-state index in [0.29, 0.717) is 0 Å². The minimum absolute atomic E-state index is 0.0116. The molecule has 0 radical (unpaired) electrons. The van der Waals surface area contributed by atoms with Crippen LogP contribution >= 0.6 is 0 Å². The normalized spacial score (nSPS) is 23.6. The maximum Gasteiger partial charge on any atom is 0.224 e. The van der Waals surface area contributed by atoms with E-state index in [1.165, 1.54) is 0 Å².